The standard InChI is InChI=1S/C28H26N8O3/c1-36-23(15-22(35-36)21-14-20(38-2)11-12-24(21)39-3)28(37)33-19-9-7-18(8-10-19)32-26-16-27(31-17-30-26)34-25-6-4-5-13-29-25/h4-17H,1-3H3,(H,33,37)(H2,29,30,31,32,34). The second-order valence-electron chi connectivity index (χ2n) is 8.39. The minimum atomic E-state index is -0.292. The Balaban J connectivity index is 1.26. The lowest BCUT2D eigenvalue weighted by atomic mass is 10.1. The highest BCUT2D eigenvalue weighted by molar-refractivity contribution is 6.03. The Morgan fingerprint density at radius 2 is 1.56 bits per heavy atom. The zero-order valence-electron chi connectivity index (χ0n) is 21.5. The lowest BCUT2D eigenvalue weighted by Gasteiger charge is -2.09. The van der Waals surface area contributed by atoms with E-state index < -0.39 is 0 Å². The van der Waals surface area contributed by atoms with Crippen molar-refractivity contribution in [3.8, 4) is 22.8 Å². The van der Waals surface area contributed by atoms with Crippen LogP contribution in [0.5, 0.6) is 11.5 Å². The zero-order chi connectivity index (χ0) is 27.2. The number of ether oxygens (including phenoxy) is 2. The number of benzene rings is 2. The maximum atomic E-state index is 13.0. The van der Waals surface area contributed by atoms with Crippen molar-refractivity contribution in [2.75, 3.05) is 30.2 Å². The molecule has 3 aromatic heterocycles. The number of aryl methyl sites for hydroxylation is 1. The van der Waals surface area contributed by atoms with E-state index in [2.05, 4.69) is 36.0 Å². The van der Waals surface area contributed by atoms with Gasteiger partial charge in [-0.1, -0.05) is 6.07 Å². The summed E-state index contributed by atoms with van der Waals surface area (Å²) in [4.78, 5) is 25.8. The molecule has 0 spiro atoms. The summed E-state index contributed by atoms with van der Waals surface area (Å²) in [6.07, 6.45) is 3.17. The first kappa shape index (κ1) is 25.2. The number of nitrogens with zero attached hydrogens (tertiary/aromatic N) is 5. The first-order valence-corrected chi connectivity index (χ1v) is 12.0. The summed E-state index contributed by atoms with van der Waals surface area (Å²) >= 11 is 0. The molecule has 2 aromatic carbocycles. The summed E-state index contributed by atoms with van der Waals surface area (Å²) in [6, 6.07) is 21.8. The summed E-state index contributed by atoms with van der Waals surface area (Å²) in [5, 5.41) is 13.8. The Bertz CT molecular complexity index is 1590. The zero-order valence-corrected chi connectivity index (χ0v) is 21.5. The molecule has 3 heterocycles. The number of pyridine rings is 1. The van der Waals surface area contributed by atoms with Gasteiger partial charge in [0, 0.05) is 36.2 Å². The van der Waals surface area contributed by atoms with Crippen LogP contribution in [0.25, 0.3) is 11.3 Å². The van der Waals surface area contributed by atoms with Crippen molar-refractivity contribution < 1.29 is 14.3 Å². The van der Waals surface area contributed by atoms with Gasteiger partial charge in [0.05, 0.1) is 19.9 Å². The van der Waals surface area contributed by atoms with Crippen LogP contribution in [-0.2, 0) is 7.05 Å². The maximum absolute atomic E-state index is 13.0. The molecule has 0 bridgehead atoms. The number of methoxy groups -OCH3 is 2. The fourth-order valence-corrected chi connectivity index (χ4v) is 3.87. The highest BCUT2D eigenvalue weighted by Gasteiger charge is 2.17. The Hall–Kier alpha value is -5.45. The lowest BCUT2D eigenvalue weighted by Crippen LogP contribution is -2.15. The number of hydrogen-bond acceptors (Lipinski definition) is 9. The number of carbonyl (C=O) groups excluding carboxylic acids is 1. The van der Waals surface area contributed by atoms with Crippen LogP contribution in [-0.4, -0.2) is 44.9 Å². The number of hydrogen-bond donors (Lipinski definition) is 3. The van der Waals surface area contributed by atoms with E-state index in [4.69, 9.17) is 9.47 Å². The van der Waals surface area contributed by atoms with Crippen LogP contribution in [0.4, 0.5) is 28.8 Å². The number of anilines is 5. The van der Waals surface area contributed by atoms with Gasteiger partial charge < -0.3 is 25.4 Å². The van der Waals surface area contributed by atoms with Gasteiger partial charge in [-0.2, -0.15) is 5.10 Å². The highest BCUT2D eigenvalue weighted by Crippen LogP contribution is 2.33. The van der Waals surface area contributed by atoms with E-state index >= 15 is 0 Å². The topological polar surface area (TPSA) is 128 Å². The molecular weight excluding hydrogens is 496 g/mol. The van der Waals surface area contributed by atoms with Crippen molar-refractivity contribution >= 4 is 34.7 Å². The molecule has 11 heteroatoms. The van der Waals surface area contributed by atoms with Crippen LogP contribution >= 0.6 is 0 Å². The SMILES string of the molecule is COc1ccc(OC)c(-c2cc(C(=O)Nc3ccc(Nc4cc(Nc5ccccn5)ncn4)cc3)n(C)n2)c1. The fourth-order valence-electron chi connectivity index (χ4n) is 3.87. The van der Waals surface area contributed by atoms with E-state index in [0.717, 1.165) is 11.3 Å². The van der Waals surface area contributed by atoms with Gasteiger partial charge in [0.15, 0.2) is 0 Å². The van der Waals surface area contributed by atoms with Crippen LogP contribution < -0.4 is 25.4 Å². The second-order valence-corrected chi connectivity index (χ2v) is 8.39. The maximum Gasteiger partial charge on any atom is 0.273 e. The Labute approximate surface area is 224 Å². The minimum absolute atomic E-state index is 0.292. The number of aromatic nitrogens is 5. The van der Waals surface area contributed by atoms with E-state index in [1.54, 1.807) is 63.9 Å². The summed E-state index contributed by atoms with van der Waals surface area (Å²) in [5.41, 5.74) is 3.15. The normalized spacial score (nSPS) is 10.5. The largest absolute Gasteiger partial charge is 0.497 e. The van der Waals surface area contributed by atoms with Crippen LogP contribution in [0, 0.1) is 0 Å². The van der Waals surface area contributed by atoms with Gasteiger partial charge in [-0.15, -0.1) is 0 Å². The third-order valence-corrected chi connectivity index (χ3v) is 5.80. The second kappa shape index (κ2) is 11.3. The number of nitrogens with one attached hydrogen (secondary N) is 3. The molecule has 0 radical (unpaired) electrons. The van der Waals surface area contributed by atoms with E-state index in [1.807, 2.05) is 36.4 Å². The predicted molar refractivity (Wildman–Crippen MR) is 149 cm³/mol. The molecule has 0 fully saturated rings. The average Bonchev–Trinajstić information content (AvgIpc) is 3.36. The highest BCUT2D eigenvalue weighted by atomic mass is 16.5. The molecule has 0 aliphatic carbocycles. The summed E-state index contributed by atoms with van der Waals surface area (Å²) in [5.74, 6) is 2.91. The molecule has 3 N–H and O–H groups in total. The average molecular weight is 523 g/mol. The first-order chi connectivity index (χ1) is 19.0. The Morgan fingerprint density at radius 3 is 2.28 bits per heavy atom. The molecular formula is C28H26N8O3. The van der Waals surface area contributed by atoms with Gasteiger partial charge in [0.2, 0.25) is 0 Å². The van der Waals surface area contributed by atoms with Crippen molar-refractivity contribution in [3.05, 3.63) is 91.0 Å². The smallest absolute Gasteiger partial charge is 0.273 e. The quantitative estimate of drug-likeness (QED) is 0.244. The molecule has 0 aliphatic heterocycles. The summed E-state index contributed by atoms with van der Waals surface area (Å²) in [6.45, 7) is 0. The first-order valence-electron chi connectivity index (χ1n) is 12.0. The van der Waals surface area contributed by atoms with Crippen molar-refractivity contribution in [1.29, 1.82) is 0 Å². The van der Waals surface area contributed by atoms with Crippen molar-refractivity contribution in [2.45, 2.75) is 0 Å². The fraction of sp³-hybridized carbons (Fsp3) is 0.107. The Morgan fingerprint density at radius 1 is 0.795 bits per heavy atom. The van der Waals surface area contributed by atoms with Crippen molar-refractivity contribution in [2.24, 2.45) is 7.05 Å². The summed E-state index contributed by atoms with van der Waals surface area (Å²) in [7, 11) is 4.90. The van der Waals surface area contributed by atoms with Gasteiger partial charge in [0.1, 0.15) is 41.0 Å². The third kappa shape index (κ3) is 5.93. The van der Waals surface area contributed by atoms with Crippen LogP contribution in [0.15, 0.2) is 85.3 Å². The van der Waals surface area contributed by atoms with E-state index in [1.165, 1.54) is 11.0 Å². The van der Waals surface area contributed by atoms with Gasteiger partial charge in [0.25, 0.3) is 5.91 Å². The summed E-state index contributed by atoms with van der Waals surface area (Å²) < 4.78 is 12.3. The van der Waals surface area contributed by atoms with E-state index in [0.29, 0.717) is 46.0 Å². The third-order valence-electron chi connectivity index (χ3n) is 5.80. The van der Waals surface area contributed by atoms with Crippen LogP contribution in [0.3, 0.4) is 0 Å². The monoisotopic (exact) mass is 522 g/mol. The number of rotatable bonds is 9. The van der Waals surface area contributed by atoms with Crippen molar-refractivity contribution in [1.82, 2.24) is 24.7 Å². The molecule has 0 unspecified atom stereocenters. The van der Waals surface area contributed by atoms with Gasteiger partial charge in [-0.05, 0) is 60.7 Å². The van der Waals surface area contributed by atoms with E-state index in [9.17, 15) is 4.79 Å². The molecule has 5 aromatic rings. The molecule has 0 aliphatic rings. The number of amides is 1. The van der Waals surface area contributed by atoms with Crippen LogP contribution in [0.1, 0.15) is 10.5 Å². The van der Waals surface area contributed by atoms with E-state index in [-0.39, 0.29) is 5.91 Å². The molecule has 196 valence electrons. The number of carbonyl (C=O) groups is 1. The molecule has 11 nitrogen and oxygen atoms in total. The van der Waals surface area contributed by atoms with Gasteiger partial charge in [-0.3, -0.25) is 9.48 Å². The molecule has 0 saturated heterocycles. The molecule has 0 saturated carbocycles. The van der Waals surface area contributed by atoms with Gasteiger partial charge in [-0.25, -0.2) is 15.0 Å². The van der Waals surface area contributed by atoms with Gasteiger partial charge >= 0.3 is 0 Å². The molecule has 1 amide bonds. The minimum Gasteiger partial charge on any atom is -0.497 e. The lowest BCUT2D eigenvalue weighted by molar-refractivity contribution is 0.101. The molecule has 39 heavy (non-hydrogen) atoms. The molecule has 5 rings (SSSR count). The molecule has 0 atom stereocenters. The van der Waals surface area contributed by atoms with Crippen LogP contribution in [0.2, 0.25) is 0 Å². The predicted octanol–water partition coefficient (Wildman–Crippen LogP) is 5.03. The van der Waals surface area contributed by atoms with Crippen molar-refractivity contribution in [3.63, 3.8) is 0 Å². The Kier molecular flexibility index (Phi) is 7.30.